The number of aliphatic imine (C=N–C) groups is 1. The number of rotatable bonds is 7. The predicted octanol–water partition coefficient (Wildman–Crippen LogP) is 4.36. The molecule has 0 amide bonds. The van der Waals surface area contributed by atoms with Gasteiger partial charge >= 0.3 is 0 Å². The van der Waals surface area contributed by atoms with Gasteiger partial charge in [0, 0.05) is 36.4 Å². The van der Waals surface area contributed by atoms with Crippen LogP contribution in [0.2, 0.25) is 0 Å². The molecule has 200 valence electrons. The van der Waals surface area contributed by atoms with E-state index in [1.807, 2.05) is 26.0 Å². The maximum Gasteiger partial charge on any atom is 0.297 e. The summed E-state index contributed by atoms with van der Waals surface area (Å²) in [6.07, 6.45) is 3.06. The van der Waals surface area contributed by atoms with Gasteiger partial charge in [0.05, 0.1) is 36.5 Å². The monoisotopic (exact) mass is 536 g/mol. The van der Waals surface area contributed by atoms with Crippen molar-refractivity contribution in [1.82, 2.24) is 4.57 Å². The van der Waals surface area contributed by atoms with Gasteiger partial charge in [-0.15, -0.1) is 0 Å². The van der Waals surface area contributed by atoms with Crippen molar-refractivity contribution in [2.75, 3.05) is 13.7 Å². The molecule has 0 bridgehead atoms. The summed E-state index contributed by atoms with van der Waals surface area (Å²) >= 11 is 0. The zero-order chi connectivity index (χ0) is 27.0. The Morgan fingerprint density at radius 3 is 2.50 bits per heavy atom. The Morgan fingerprint density at radius 1 is 1.05 bits per heavy atom. The lowest BCUT2D eigenvalue weighted by Gasteiger charge is -2.38. The van der Waals surface area contributed by atoms with Crippen molar-refractivity contribution in [2.24, 2.45) is 12.0 Å². The summed E-state index contributed by atoms with van der Waals surface area (Å²) in [4.78, 5) is 17.3. The second-order valence-corrected chi connectivity index (χ2v) is 11.4. The molecule has 5 rings (SSSR count). The molecule has 1 aromatic heterocycles. The molecule has 1 aliphatic heterocycles. The third-order valence-electron chi connectivity index (χ3n) is 7.28. The molecule has 9 heteroatoms. The second kappa shape index (κ2) is 10.4. The van der Waals surface area contributed by atoms with Gasteiger partial charge in [0.15, 0.2) is 11.5 Å². The van der Waals surface area contributed by atoms with Gasteiger partial charge in [-0.1, -0.05) is 17.7 Å². The molecule has 0 N–H and O–H groups in total. The largest absolute Gasteiger partial charge is 0.493 e. The Balaban J connectivity index is 1.53. The van der Waals surface area contributed by atoms with Gasteiger partial charge in [0.1, 0.15) is 0 Å². The fourth-order valence-corrected chi connectivity index (χ4v) is 6.46. The van der Waals surface area contributed by atoms with E-state index in [1.54, 1.807) is 50.7 Å². The molecule has 0 saturated heterocycles. The average Bonchev–Trinajstić information content (AvgIpc) is 2.90. The van der Waals surface area contributed by atoms with Gasteiger partial charge in [-0.25, -0.2) is 0 Å². The van der Waals surface area contributed by atoms with E-state index in [9.17, 15) is 13.2 Å². The Hall–Kier alpha value is -3.43. The molecule has 1 saturated carbocycles. The summed E-state index contributed by atoms with van der Waals surface area (Å²) in [5.74, 6) is 1.16. The summed E-state index contributed by atoms with van der Waals surface area (Å²) in [6, 6.07) is 13.9. The normalized spacial score (nSPS) is 20.7. The number of hydrogen-bond donors (Lipinski definition) is 0. The van der Waals surface area contributed by atoms with Crippen LogP contribution in [0.15, 0.2) is 69.4 Å². The van der Waals surface area contributed by atoms with Crippen molar-refractivity contribution in [2.45, 2.75) is 56.1 Å². The standard InChI is InChI=1S/C29H32N2O6S/c1-5-36-27-15-22-23-14-20(37-38(33,34)21-10-6-18(2)7-11-21)9-12-25(23)30-29(24(22)16-26(27)35-4)19-8-13-28(32)31(3)17-19/h6-8,10-11,13,15-17,20,23,25H,5,9,12,14H2,1-4H3/t20-,23-,25-/m1/s1. The van der Waals surface area contributed by atoms with Crippen LogP contribution in [-0.4, -0.2) is 44.6 Å². The molecule has 2 aliphatic rings. The highest BCUT2D eigenvalue weighted by atomic mass is 32.2. The Labute approximate surface area is 223 Å². The average molecular weight is 537 g/mol. The highest BCUT2D eigenvalue weighted by Crippen LogP contribution is 2.45. The minimum atomic E-state index is -3.89. The summed E-state index contributed by atoms with van der Waals surface area (Å²) in [5.41, 5.74) is 4.39. The highest BCUT2D eigenvalue weighted by molar-refractivity contribution is 7.86. The molecule has 38 heavy (non-hydrogen) atoms. The number of benzene rings is 2. The molecule has 0 spiro atoms. The number of pyridine rings is 1. The molecule has 8 nitrogen and oxygen atoms in total. The van der Waals surface area contributed by atoms with E-state index >= 15 is 0 Å². The van der Waals surface area contributed by atoms with Gasteiger partial charge in [0.2, 0.25) is 5.56 Å². The molecule has 2 heterocycles. The zero-order valence-corrected chi connectivity index (χ0v) is 22.8. The van der Waals surface area contributed by atoms with Crippen LogP contribution in [0.3, 0.4) is 0 Å². The van der Waals surface area contributed by atoms with Crippen LogP contribution < -0.4 is 15.0 Å². The van der Waals surface area contributed by atoms with E-state index in [-0.39, 0.29) is 22.4 Å². The van der Waals surface area contributed by atoms with Crippen LogP contribution in [0, 0.1) is 6.92 Å². The number of aryl methyl sites for hydroxylation is 2. The predicted molar refractivity (Wildman–Crippen MR) is 145 cm³/mol. The Kier molecular flexibility index (Phi) is 7.15. The summed E-state index contributed by atoms with van der Waals surface area (Å²) in [5, 5.41) is 0. The third-order valence-corrected chi connectivity index (χ3v) is 8.66. The second-order valence-electron chi connectivity index (χ2n) is 9.84. The van der Waals surface area contributed by atoms with Gasteiger partial charge in [-0.3, -0.25) is 14.0 Å². The van der Waals surface area contributed by atoms with E-state index in [1.165, 1.54) is 10.6 Å². The summed E-state index contributed by atoms with van der Waals surface area (Å²) in [6.45, 7) is 4.30. The minimum Gasteiger partial charge on any atom is -0.493 e. The number of methoxy groups -OCH3 is 1. The van der Waals surface area contributed by atoms with Crippen molar-refractivity contribution in [3.05, 3.63) is 87.3 Å². The Bertz CT molecular complexity index is 1540. The van der Waals surface area contributed by atoms with Gasteiger partial charge in [-0.2, -0.15) is 8.42 Å². The molecular weight excluding hydrogens is 504 g/mol. The van der Waals surface area contributed by atoms with Crippen LogP contribution in [0.5, 0.6) is 11.5 Å². The summed E-state index contributed by atoms with van der Waals surface area (Å²) < 4.78 is 44.9. The van der Waals surface area contributed by atoms with Crippen LogP contribution in [-0.2, 0) is 21.3 Å². The molecule has 0 radical (unpaired) electrons. The molecule has 1 fully saturated rings. The molecule has 3 atom stereocenters. The quantitative estimate of drug-likeness (QED) is 0.417. The molecule has 0 unspecified atom stereocenters. The van der Waals surface area contributed by atoms with Gasteiger partial charge in [-0.05, 0) is 69.0 Å². The topological polar surface area (TPSA) is 96.2 Å². The first-order chi connectivity index (χ1) is 18.2. The van der Waals surface area contributed by atoms with Crippen molar-refractivity contribution < 1.29 is 22.1 Å². The number of aromatic nitrogens is 1. The first-order valence-corrected chi connectivity index (χ1v) is 14.2. The number of fused-ring (bicyclic) bond motifs is 3. The van der Waals surface area contributed by atoms with Crippen molar-refractivity contribution in [3.8, 4) is 11.5 Å². The van der Waals surface area contributed by atoms with Gasteiger partial charge < -0.3 is 14.0 Å². The van der Waals surface area contributed by atoms with E-state index in [0.717, 1.165) is 28.0 Å². The van der Waals surface area contributed by atoms with E-state index in [2.05, 4.69) is 0 Å². The maximum absolute atomic E-state index is 13.0. The van der Waals surface area contributed by atoms with E-state index < -0.39 is 16.2 Å². The molecule has 1 aliphatic carbocycles. The van der Waals surface area contributed by atoms with Crippen molar-refractivity contribution >= 4 is 15.8 Å². The molecular formula is C29H32N2O6S. The number of hydrogen-bond acceptors (Lipinski definition) is 7. The minimum absolute atomic E-state index is 0.0560. The lowest BCUT2D eigenvalue weighted by molar-refractivity contribution is 0.140. The smallest absolute Gasteiger partial charge is 0.297 e. The first kappa shape index (κ1) is 26.2. The lowest BCUT2D eigenvalue weighted by Crippen LogP contribution is -2.36. The number of nitrogens with zero attached hydrogens (tertiary/aromatic N) is 2. The van der Waals surface area contributed by atoms with Crippen molar-refractivity contribution in [1.29, 1.82) is 0 Å². The van der Waals surface area contributed by atoms with Crippen LogP contribution in [0.1, 0.15) is 54.4 Å². The van der Waals surface area contributed by atoms with Crippen LogP contribution in [0.4, 0.5) is 0 Å². The fraction of sp³-hybridized carbons (Fsp3) is 0.379. The first-order valence-electron chi connectivity index (χ1n) is 12.8. The van der Waals surface area contributed by atoms with Gasteiger partial charge in [0.25, 0.3) is 10.1 Å². The van der Waals surface area contributed by atoms with Crippen LogP contribution >= 0.6 is 0 Å². The fourth-order valence-electron chi connectivity index (χ4n) is 5.35. The number of ether oxygens (including phenoxy) is 2. The van der Waals surface area contributed by atoms with E-state index in [0.29, 0.717) is 37.4 Å². The molecule has 3 aromatic rings. The van der Waals surface area contributed by atoms with Crippen LogP contribution in [0.25, 0.3) is 0 Å². The third kappa shape index (κ3) is 5.00. The van der Waals surface area contributed by atoms with Crippen molar-refractivity contribution in [3.63, 3.8) is 0 Å². The molecule has 2 aromatic carbocycles. The Morgan fingerprint density at radius 2 is 1.82 bits per heavy atom. The highest BCUT2D eigenvalue weighted by Gasteiger charge is 2.39. The summed E-state index contributed by atoms with van der Waals surface area (Å²) in [7, 11) is -0.581. The SMILES string of the molecule is CCOc1cc2c(cc1OC)C(c1ccc(=O)n(C)c1)=N[C@@H]1CC[C@@H](OS(=O)(=O)c3ccc(C)cc3)C[C@H]21. The lowest BCUT2D eigenvalue weighted by atomic mass is 9.74. The zero-order valence-electron chi connectivity index (χ0n) is 22.0. The maximum atomic E-state index is 13.0. The van der Waals surface area contributed by atoms with E-state index in [4.69, 9.17) is 18.6 Å².